The van der Waals surface area contributed by atoms with E-state index < -0.39 is 6.10 Å². The van der Waals surface area contributed by atoms with E-state index in [1.165, 1.54) is 0 Å². The average molecular weight is 427 g/mol. The maximum absolute atomic E-state index is 11.7. The quantitative estimate of drug-likeness (QED) is 0.320. The Bertz CT molecular complexity index is 414. The number of hydrogen-bond acceptors (Lipinski definition) is 4. The third-order valence-corrected chi connectivity index (χ3v) is 3.55. The van der Waals surface area contributed by atoms with E-state index in [0.29, 0.717) is 12.2 Å². The van der Waals surface area contributed by atoms with Gasteiger partial charge in [0.25, 0.3) is 0 Å². The summed E-state index contributed by atoms with van der Waals surface area (Å²) in [6.07, 6.45) is 3.86. The number of rotatable bonds is 8. The summed E-state index contributed by atoms with van der Waals surface area (Å²) < 4.78 is 5.28. The molecule has 1 aromatic carbocycles. The summed E-state index contributed by atoms with van der Waals surface area (Å²) in [5.41, 5.74) is 0.720. The summed E-state index contributed by atoms with van der Waals surface area (Å²) in [5, 5.41) is 20.7. The molecule has 120 valence electrons. The number of carbonyl (C=O) groups excluding carboxylic acids is 1. The number of halogens is 1. The van der Waals surface area contributed by atoms with Gasteiger partial charge in [-0.1, -0.05) is 0 Å². The summed E-state index contributed by atoms with van der Waals surface area (Å²) in [5.74, 6) is 1.49. The number of hydrogen-bond donors (Lipinski definition) is 3. The molecule has 0 aliphatic heterocycles. The van der Waals surface area contributed by atoms with Gasteiger partial charge >= 0.3 is 0 Å². The lowest BCUT2D eigenvalue weighted by Crippen LogP contribution is -3.00. The highest BCUT2D eigenvalue weighted by molar-refractivity contribution is 7.95. The molecule has 21 heavy (non-hydrogen) atoms. The summed E-state index contributed by atoms with van der Waals surface area (Å²) >= 11 is 0. The van der Waals surface area contributed by atoms with E-state index in [1.54, 1.807) is 24.3 Å². The molecule has 0 saturated heterocycles. The van der Waals surface area contributed by atoms with Crippen molar-refractivity contribution in [3.63, 3.8) is 0 Å². The Morgan fingerprint density at radius 3 is 2.48 bits per heavy atom. The van der Waals surface area contributed by atoms with Crippen molar-refractivity contribution in [1.29, 1.82) is 0 Å². The maximum atomic E-state index is 11.7. The lowest BCUT2D eigenvalue weighted by Gasteiger charge is -2.10. The maximum Gasteiger partial charge on any atom is 0.229 e. The highest BCUT2D eigenvalue weighted by Crippen LogP contribution is 2.16. The largest absolute Gasteiger partial charge is 1.00 e. The number of aliphatic hydroxyl groups excluding tert-OH is 2. The summed E-state index contributed by atoms with van der Waals surface area (Å²) in [6.45, 7) is -0.290. The van der Waals surface area contributed by atoms with Crippen molar-refractivity contribution < 1.29 is 43.7 Å². The number of amides is 1. The van der Waals surface area contributed by atoms with E-state index in [-0.39, 0.29) is 54.0 Å². The van der Waals surface area contributed by atoms with Gasteiger partial charge in [0.2, 0.25) is 5.91 Å². The molecule has 1 atom stereocenters. The fraction of sp³-hybridized carbons (Fsp3) is 0.500. The van der Waals surface area contributed by atoms with Crippen LogP contribution < -0.4 is 34.0 Å². The first-order valence-corrected chi connectivity index (χ1v) is 8.58. The van der Waals surface area contributed by atoms with Crippen LogP contribution in [0.15, 0.2) is 24.3 Å². The molecule has 5 nitrogen and oxygen atoms in total. The Labute approximate surface area is 145 Å². The van der Waals surface area contributed by atoms with Crippen molar-refractivity contribution in [1.82, 2.24) is 0 Å². The summed E-state index contributed by atoms with van der Waals surface area (Å²) in [6, 6.07) is 6.92. The van der Waals surface area contributed by atoms with Crippen molar-refractivity contribution in [2.75, 3.05) is 36.8 Å². The third-order valence-electron chi connectivity index (χ3n) is 2.53. The number of nitrogens with one attached hydrogen (secondary N) is 1. The third kappa shape index (κ3) is 9.18. The molecule has 7 heteroatoms. The van der Waals surface area contributed by atoms with Crippen molar-refractivity contribution in [3.05, 3.63) is 24.3 Å². The smallest absolute Gasteiger partial charge is 0.229 e. The van der Waals surface area contributed by atoms with Gasteiger partial charge in [-0.15, -0.1) is 0 Å². The molecular weight excluding hydrogens is 405 g/mol. The molecule has 0 radical (unpaired) electrons. The predicted molar refractivity (Wildman–Crippen MR) is 82.4 cm³/mol. The molecule has 0 heterocycles. The molecule has 0 saturated carbocycles. The SMILES string of the molecule is C[S+](C)CCC(=O)Nc1ccc(OCC(O)CO)cc1.[I-]. The van der Waals surface area contributed by atoms with Gasteiger partial charge in [-0.25, -0.2) is 0 Å². The van der Waals surface area contributed by atoms with Crippen LogP contribution in [0.1, 0.15) is 6.42 Å². The van der Waals surface area contributed by atoms with Crippen LogP contribution in [0.2, 0.25) is 0 Å². The Hall–Kier alpha value is -0.510. The summed E-state index contributed by atoms with van der Waals surface area (Å²) in [4.78, 5) is 11.7. The van der Waals surface area contributed by atoms with E-state index in [1.807, 2.05) is 0 Å². The molecule has 0 aliphatic rings. The highest BCUT2D eigenvalue weighted by atomic mass is 127. The molecule has 1 rings (SSSR count). The van der Waals surface area contributed by atoms with Crippen molar-refractivity contribution in [2.24, 2.45) is 0 Å². The topological polar surface area (TPSA) is 78.8 Å². The van der Waals surface area contributed by atoms with Crippen LogP contribution in [-0.4, -0.2) is 53.7 Å². The van der Waals surface area contributed by atoms with Crippen LogP contribution in [0.3, 0.4) is 0 Å². The number of anilines is 1. The van der Waals surface area contributed by atoms with E-state index in [9.17, 15) is 4.79 Å². The van der Waals surface area contributed by atoms with Crippen LogP contribution in [0.4, 0.5) is 5.69 Å². The van der Waals surface area contributed by atoms with E-state index in [4.69, 9.17) is 14.9 Å². The van der Waals surface area contributed by atoms with Crippen LogP contribution in [0, 0.1) is 0 Å². The Morgan fingerprint density at radius 2 is 1.95 bits per heavy atom. The number of carbonyl (C=O) groups is 1. The van der Waals surface area contributed by atoms with Gasteiger partial charge in [-0.2, -0.15) is 0 Å². The Balaban J connectivity index is 0.00000400. The fourth-order valence-electron chi connectivity index (χ4n) is 1.40. The molecule has 0 bridgehead atoms. The summed E-state index contributed by atoms with van der Waals surface area (Å²) in [7, 11) is 0.269. The molecule has 0 spiro atoms. The zero-order chi connectivity index (χ0) is 15.0. The lowest BCUT2D eigenvalue weighted by atomic mass is 10.3. The normalized spacial score (nSPS) is 11.7. The molecular formula is C14H22INO4S. The van der Waals surface area contributed by atoms with E-state index in [0.717, 1.165) is 11.4 Å². The van der Waals surface area contributed by atoms with Crippen LogP contribution in [0.5, 0.6) is 5.75 Å². The second kappa shape index (κ2) is 11.1. The zero-order valence-corrected chi connectivity index (χ0v) is 15.2. The first kappa shape index (κ1) is 20.5. The van der Waals surface area contributed by atoms with Gasteiger partial charge in [0.05, 0.1) is 25.5 Å². The molecule has 0 aromatic heterocycles. The van der Waals surface area contributed by atoms with Gasteiger partial charge in [0.15, 0.2) is 0 Å². The van der Waals surface area contributed by atoms with Crippen LogP contribution in [0.25, 0.3) is 0 Å². The first-order chi connectivity index (χ1) is 9.51. The number of ether oxygens (including phenoxy) is 1. The molecule has 1 aromatic rings. The van der Waals surface area contributed by atoms with Crippen LogP contribution >= 0.6 is 0 Å². The Morgan fingerprint density at radius 1 is 1.33 bits per heavy atom. The number of aliphatic hydroxyl groups is 2. The second-order valence-corrected chi connectivity index (χ2v) is 7.04. The first-order valence-electron chi connectivity index (χ1n) is 6.37. The molecule has 1 amide bonds. The minimum atomic E-state index is -0.883. The van der Waals surface area contributed by atoms with Gasteiger partial charge in [-0.05, 0) is 35.2 Å². The van der Waals surface area contributed by atoms with Crippen LogP contribution in [-0.2, 0) is 15.7 Å². The Kier molecular flexibility index (Phi) is 10.8. The standard InChI is InChI=1S/C14H21NO4S.HI/c1-20(2)8-7-14(18)15-11-3-5-13(6-4-11)19-10-12(17)9-16;/h3-6,12,16-17H,7-10H2,1-2H3;1H. The van der Waals surface area contributed by atoms with Gasteiger partial charge < -0.3 is 44.2 Å². The fourth-order valence-corrected chi connectivity index (χ4v) is 1.99. The van der Waals surface area contributed by atoms with Gasteiger partial charge in [-0.3, -0.25) is 4.79 Å². The molecule has 0 aliphatic carbocycles. The number of benzene rings is 1. The second-order valence-electron chi connectivity index (χ2n) is 4.66. The lowest BCUT2D eigenvalue weighted by molar-refractivity contribution is -0.115. The minimum absolute atomic E-state index is 0. The van der Waals surface area contributed by atoms with Gasteiger partial charge in [0.1, 0.15) is 24.2 Å². The monoisotopic (exact) mass is 427 g/mol. The predicted octanol–water partition coefficient (Wildman–Crippen LogP) is -2.37. The highest BCUT2D eigenvalue weighted by Gasteiger charge is 2.09. The van der Waals surface area contributed by atoms with Gasteiger partial charge in [0, 0.05) is 5.69 Å². The molecule has 3 N–H and O–H groups in total. The van der Waals surface area contributed by atoms with Crippen molar-refractivity contribution >= 4 is 22.5 Å². The van der Waals surface area contributed by atoms with Crippen molar-refractivity contribution in [3.8, 4) is 5.75 Å². The zero-order valence-electron chi connectivity index (χ0n) is 12.2. The minimum Gasteiger partial charge on any atom is -1.00 e. The molecule has 1 unspecified atom stereocenters. The van der Waals surface area contributed by atoms with Crippen molar-refractivity contribution in [2.45, 2.75) is 12.5 Å². The van der Waals surface area contributed by atoms with E-state index in [2.05, 4.69) is 17.8 Å². The average Bonchev–Trinajstić information content (AvgIpc) is 2.44. The molecule has 0 fully saturated rings. The van der Waals surface area contributed by atoms with E-state index >= 15 is 0 Å².